The zero-order chi connectivity index (χ0) is 30.7. The van der Waals surface area contributed by atoms with Crippen LogP contribution in [0, 0.1) is 0 Å². The van der Waals surface area contributed by atoms with Crippen LogP contribution >= 0.6 is 11.6 Å². The number of imidazole rings is 1. The molecule has 0 radical (unpaired) electrons. The molecule has 1 fully saturated rings. The topological polar surface area (TPSA) is 42.8 Å². The van der Waals surface area contributed by atoms with Crippen molar-refractivity contribution in [1.29, 1.82) is 0 Å². The highest BCUT2D eigenvalue weighted by Crippen LogP contribution is 2.33. The lowest BCUT2D eigenvalue weighted by molar-refractivity contribution is 0.218. The van der Waals surface area contributed by atoms with Crippen molar-refractivity contribution in [2.45, 2.75) is 52.4 Å². The number of halogens is 1. The Bertz CT molecular complexity index is 1410. The fourth-order valence-electron chi connectivity index (χ4n) is 5.92. The number of nitrogens with zero attached hydrogens (tertiary/aromatic N) is 4. The molecule has 0 atom stereocenters. The first-order valence-electron chi connectivity index (χ1n) is 16.3. The molecule has 1 saturated heterocycles. The average molecular weight is 615 g/mol. The van der Waals surface area contributed by atoms with E-state index in [0.29, 0.717) is 12.5 Å². The van der Waals surface area contributed by atoms with Gasteiger partial charge in [0.15, 0.2) is 0 Å². The Labute approximate surface area is 268 Å². The molecule has 5 rings (SSSR count). The summed E-state index contributed by atoms with van der Waals surface area (Å²) in [4.78, 5) is 10.2. The van der Waals surface area contributed by atoms with Crippen LogP contribution in [0.5, 0.6) is 11.5 Å². The first-order chi connectivity index (χ1) is 21.6. The van der Waals surface area contributed by atoms with Gasteiger partial charge in [0.25, 0.3) is 0 Å². The Hall–Kier alpha value is -3.32. The summed E-state index contributed by atoms with van der Waals surface area (Å²) in [5.74, 6) is 3.35. The van der Waals surface area contributed by atoms with Crippen LogP contribution in [-0.2, 0) is 6.42 Å². The summed E-state index contributed by atoms with van der Waals surface area (Å²) in [5, 5.41) is 0.755. The largest absolute Gasteiger partial charge is 0.494 e. The highest BCUT2D eigenvalue weighted by molar-refractivity contribution is 6.30. The fraction of sp³-hybridized carbons (Fsp3) is 0.432. The Balaban J connectivity index is 1.27. The van der Waals surface area contributed by atoms with E-state index in [1.807, 2.05) is 36.4 Å². The van der Waals surface area contributed by atoms with Gasteiger partial charge in [-0.2, -0.15) is 0 Å². The SMILES string of the molecule is CCN(CC)CCCOc1ccc(-n2cc(-c3ccc(OCCc4ccc(Cl)cc4)cc3)nc2C2CCN(CC)CC2)cc1. The van der Waals surface area contributed by atoms with E-state index >= 15 is 0 Å². The quantitative estimate of drug-likeness (QED) is 0.127. The van der Waals surface area contributed by atoms with Crippen molar-refractivity contribution in [3.05, 3.63) is 95.4 Å². The van der Waals surface area contributed by atoms with E-state index in [1.54, 1.807) is 0 Å². The summed E-state index contributed by atoms with van der Waals surface area (Å²) < 4.78 is 14.4. The second-order valence-electron chi connectivity index (χ2n) is 11.5. The molecule has 1 aliphatic rings. The third-order valence-corrected chi connectivity index (χ3v) is 9.00. The molecule has 4 aromatic rings. The lowest BCUT2D eigenvalue weighted by Gasteiger charge is -2.30. The second-order valence-corrected chi connectivity index (χ2v) is 12.0. The summed E-state index contributed by atoms with van der Waals surface area (Å²) >= 11 is 6.01. The second kappa shape index (κ2) is 16.1. The number of rotatable bonds is 15. The molecule has 0 bridgehead atoms. The van der Waals surface area contributed by atoms with Crippen molar-refractivity contribution < 1.29 is 9.47 Å². The summed E-state index contributed by atoms with van der Waals surface area (Å²) in [5.41, 5.74) is 4.41. The van der Waals surface area contributed by atoms with Gasteiger partial charge in [-0.05, 0) is 118 Å². The third-order valence-electron chi connectivity index (χ3n) is 8.75. The van der Waals surface area contributed by atoms with Crippen LogP contribution in [0.1, 0.15) is 57.3 Å². The van der Waals surface area contributed by atoms with Crippen LogP contribution in [0.2, 0.25) is 5.02 Å². The predicted molar refractivity (Wildman–Crippen MR) is 182 cm³/mol. The van der Waals surface area contributed by atoms with E-state index in [2.05, 4.69) is 77.7 Å². The third kappa shape index (κ3) is 8.65. The minimum atomic E-state index is 0.429. The van der Waals surface area contributed by atoms with E-state index in [1.165, 1.54) is 5.56 Å². The van der Waals surface area contributed by atoms with Crippen molar-refractivity contribution in [3.63, 3.8) is 0 Å². The maximum absolute atomic E-state index is 6.08. The molecule has 2 heterocycles. The van der Waals surface area contributed by atoms with Crippen LogP contribution < -0.4 is 9.47 Å². The van der Waals surface area contributed by atoms with Crippen LogP contribution in [0.15, 0.2) is 79.0 Å². The minimum Gasteiger partial charge on any atom is -0.494 e. The van der Waals surface area contributed by atoms with Gasteiger partial charge in [-0.3, -0.25) is 0 Å². The van der Waals surface area contributed by atoms with Crippen LogP contribution in [-0.4, -0.2) is 71.8 Å². The first kappa shape index (κ1) is 32.1. The standard InChI is InChI=1S/C37H47ClN4O2/c1-4-40(5-2)23-7-26-43-35-18-14-33(15-19-35)42-28-36(39-37(42)31-20-24-41(6-3)25-21-31)30-10-16-34(17-11-30)44-27-22-29-8-12-32(38)13-9-29/h8-19,28,31H,4-7,20-27H2,1-3H3. The molecule has 44 heavy (non-hydrogen) atoms. The molecule has 234 valence electrons. The zero-order valence-electron chi connectivity index (χ0n) is 26.6. The number of benzene rings is 3. The minimum absolute atomic E-state index is 0.429. The molecule has 0 N–H and O–H groups in total. The Morgan fingerprint density at radius 3 is 2.09 bits per heavy atom. The normalized spacial score (nSPS) is 14.3. The number of likely N-dealkylation sites (tertiary alicyclic amines) is 1. The number of piperidine rings is 1. The Morgan fingerprint density at radius 1 is 0.818 bits per heavy atom. The summed E-state index contributed by atoms with van der Waals surface area (Å²) in [7, 11) is 0. The molecule has 0 aliphatic carbocycles. The van der Waals surface area contributed by atoms with Gasteiger partial charge in [0.2, 0.25) is 0 Å². The lowest BCUT2D eigenvalue weighted by Crippen LogP contribution is -2.33. The monoisotopic (exact) mass is 614 g/mol. The maximum atomic E-state index is 6.08. The van der Waals surface area contributed by atoms with Gasteiger partial charge in [-0.15, -0.1) is 0 Å². The van der Waals surface area contributed by atoms with Crippen LogP contribution in [0.4, 0.5) is 0 Å². The van der Waals surface area contributed by atoms with E-state index in [4.69, 9.17) is 26.1 Å². The molecule has 1 aliphatic heterocycles. The lowest BCUT2D eigenvalue weighted by atomic mass is 9.96. The van der Waals surface area contributed by atoms with Crippen molar-refractivity contribution in [2.24, 2.45) is 0 Å². The summed E-state index contributed by atoms with van der Waals surface area (Å²) in [6, 6.07) is 24.7. The van der Waals surface area contributed by atoms with Crippen molar-refractivity contribution in [1.82, 2.24) is 19.4 Å². The Morgan fingerprint density at radius 2 is 1.45 bits per heavy atom. The molecule has 0 saturated carbocycles. The van der Waals surface area contributed by atoms with E-state index in [-0.39, 0.29) is 0 Å². The fourth-order valence-corrected chi connectivity index (χ4v) is 6.04. The van der Waals surface area contributed by atoms with E-state index < -0.39 is 0 Å². The van der Waals surface area contributed by atoms with E-state index in [0.717, 1.165) is 111 Å². The predicted octanol–water partition coefficient (Wildman–Crippen LogP) is 8.12. The smallest absolute Gasteiger partial charge is 0.119 e. The highest BCUT2D eigenvalue weighted by Gasteiger charge is 2.25. The summed E-state index contributed by atoms with van der Waals surface area (Å²) in [6.45, 7) is 14.6. The van der Waals surface area contributed by atoms with Crippen molar-refractivity contribution in [2.75, 3.05) is 52.5 Å². The van der Waals surface area contributed by atoms with Gasteiger partial charge in [-0.25, -0.2) is 4.98 Å². The molecule has 0 amide bonds. The molecular formula is C37H47ClN4O2. The first-order valence-corrected chi connectivity index (χ1v) is 16.7. The van der Waals surface area contributed by atoms with Gasteiger partial charge in [0, 0.05) is 41.4 Å². The van der Waals surface area contributed by atoms with Crippen molar-refractivity contribution in [3.8, 4) is 28.4 Å². The van der Waals surface area contributed by atoms with E-state index in [9.17, 15) is 0 Å². The van der Waals surface area contributed by atoms with Gasteiger partial charge < -0.3 is 23.8 Å². The average Bonchev–Trinajstić information content (AvgIpc) is 3.52. The maximum Gasteiger partial charge on any atom is 0.119 e. The highest BCUT2D eigenvalue weighted by atomic mass is 35.5. The van der Waals surface area contributed by atoms with Crippen LogP contribution in [0.3, 0.4) is 0 Å². The zero-order valence-corrected chi connectivity index (χ0v) is 27.3. The molecule has 6 nitrogen and oxygen atoms in total. The van der Waals surface area contributed by atoms with Gasteiger partial charge in [0.05, 0.1) is 18.9 Å². The van der Waals surface area contributed by atoms with Gasteiger partial charge >= 0.3 is 0 Å². The van der Waals surface area contributed by atoms with Crippen molar-refractivity contribution >= 4 is 11.6 Å². The molecule has 0 unspecified atom stereocenters. The molecule has 1 aromatic heterocycles. The number of hydrogen-bond acceptors (Lipinski definition) is 5. The van der Waals surface area contributed by atoms with Gasteiger partial charge in [0.1, 0.15) is 17.3 Å². The number of aromatic nitrogens is 2. The van der Waals surface area contributed by atoms with Gasteiger partial charge in [-0.1, -0.05) is 44.5 Å². The molecule has 7 heteroatoms. The molecule has 3 aromatic carbocycles. The molecule has 0 spiro atoms. The number of ether oxygens (including phenoxy) is 2. The Kier molecular flexibility index (Phi) is 11.8. The van der Waals surface area contributed by atoms with Crippen LogP contribution in [0.25, 0.3) is 16.9 Å². The molecular weight excluding hydrogens is 568 g/mol. The number of hydrogen-bond donors (Lipinski definition) is 0. The summed E-state index contributed by atoms with van der Waals surface area (Å²) in [6.07, 6.45) is 6.31.